The van der Waals surface area contributed by atoms with Gasteiger partial charge in [0.05, 0.1) is 17.4 Å². The van der Waals surface area contributed by atoms with Crippen LogP contribution >= 0.6 is 11.6 Å². The molecule has 1 aliphatic carbocycles. The lowest BCUT2D eigenvalue weighted by Crippen LogP contribution is -2.27. The molecule has 36 heavy (non-hydrogen) atoms. The van der Waals surface area contributed by atoms with E-state index in [2.05, 4.69) is 10.3 Å². The number of benzene rings is 2. The monoisotopic (exact) mass is 504 g/mol. The Bertz CT molecular complexity index is 1220. The normalized spacial score (nSPS) is 15.4. The lowest BCUT2D eigenvalue weighted by molar-refractivity contribution is -0.137. The molecule has 2 N–H and O–H groups in total. The van der Waals surface area contributed by atoms with Crippen molar-refractivity contribution in [3.05, 3.63) is 82.6 Å². The van der Waals surface area contributed by atoms with Crippen molar-refractivity contribution in [2.45, 2.75) is 64.2 Å². The Kier molecular flexibility index (Phi) is 8.42. The molecular weight excluding hydrogens is 472 g/mol. The number of aromatic nitrogens is 1. The quantitative estimate of drug-likeness (QED) is 0.314. The van der Waals surface area contributed by atoms with Crippen molar-refractivity contribution < 1.29 is 14.7 Å². The molecule has 0 bridgehead atoms. The molecule has 0 radical (unpaired) electrons. The number of anilines is 1. The lowest BCUT2D eigenvalue weighted by Gasteiger charge is -2.25. The van der Waals surface area contributed by atoms with Gasteiger partial charge in [-0.05, 0) is 72.4 Å². The number of carboxylic acids is 1. The molecule has 0 saturated heterocycles. The average molecular weight is 505 g/mol. The molecule has 1 amide bonds. The number of rotatable bonds is 9. The molecule has 0 spiro atoms. The van der Waals surface area contributed by atoms with Crippen LogP contribution < -0.4 is 5.32 Å². The molecule has 0 aliphatic heterocycles. The van der Waals surface area contributed by atoms with Gasteiger partial charge in [-0.3, -0.25) is 14.6 Å². The number of hydrogen-bond donors (Lipinski definition) is 2. The van der Waals surface area contributed by atoms with Crippen LogP contribution in [0.25, 0.3) is 11.1 Å². The van der Waals surface area contributed by atoms with Gasteiger partial charge in [-0.15, -0.1) is 0 Å². The van der Waals surface area contributed by atoms with Crippen molar-refractivity contribution in [1.29, 1.82) is 0 Å². The molecule has 2 aromatic carbocycles. The number of carbonyl (C=O) groups excluding carboxylic acids is 1. The minimum absolute atomic E-state index is 0.00870. The summed E-state index contributed by atoms with van der Waals surface area (Å²) < 4.78 is 0. The van der Waals surface area contributed by atoms with Crippen molar-refractivity contribution >= 4 is 29.2 Å². The first-order valence-corrected chi connectivity index (χ1v) is 13.1. The zero-order valence-corrected chi connectivity index (χ0v) is 21.6. The predicted molar refractivity (Wildman–Crippen MR) is 144 cm³/mol. The van der Waals surface area contributed by atoms with Gasteiger partial charge in [-0.2, -0.15) is 0 Å². The number of hydrogen-bond acceptors (Lipinski definition) is 3. The summed E-state index contributed by atoms with van der Waals surface area (Å²) in [7, 11) is 0. The first kappa shape index (κ1) is 25.9. The second-order valence-corrected chi connectivity index (χ2v) is 10.2. The van der Waals surface area contributed by atoms with E-state index in [1.807, 2.05) is 62.4 Å². The fraction of sp³-hybridized carbons (Fsp3) is 0.367. The lowest BCUT2D eigenvalue weighted by atomic mass is 9.83. The van der Waals surface area contributed by atoms with E-state index in [0.29, 0.717) is 10.9 Å². The molecule has 2 atom stereocenters. The molecule has 3 aromatic rings. The summed E-state index contributed by atoms with van der Waals surface area (Å²) in [4.78, 5) is 29.3. The van der Waals surface area contributed by atoms with Crippen LogP contribution in [0, 0.1) is 12.8 Å². The third-order valence-corrected chi connectivity index (χ3v) is 7.66. The van der Waals surface area contributed by atoms with Crippen LogP contribution in [0.5, 0.6) is 0 Å². The first-order chi connectivity index (χ1) is 17.4. The smallest absolute Gasteiger partial charge is 0.303 e. The summed E-state index contributed by atoms with van der Waals surface area (Å²) in [6.45, 7) is 3.96. The Hall–Kier alpha value is -3.18. The third kappa shape index (κ3) is 5.96. The van der Waals surface area contributed by atoms with Crippen LogP contribution in [0.1, 0.15) is 74.0 Å². The number of pyridine rings is 1. The van der Waals surface area contributed by atoms with Crippen LogP contribution in [0.4, 0.5) is 5.69 Å². The van der Waals surface area contributed by atoms with Gasteiger partial charge in [-0.25, -0.2) is 0 Å². The molecule has 6 heteroatoms. The van der Waals surface area contributed by atoms with Crippen LogP contribution in [0.3, 0.4) is 0 Å². The Morgan fingerprint density at radius 2 is 1.81 bits per heavy atom. The molecule has 1 fully saturated rings. The highest BCUT2D eigenvalue weighted by Crippen LogP contribution is 2.39. The molecule has 1 aliphatic rings. The molecule has 0 unspecified atom stereocenters. The van der Waals surface area contributed by atoms with E-state index in [4.69, 9.17) is 11.6 Å². The maximum atomic E-state index is 13.7. The van der Waals surface area contributed by atoms with E-state index < -0.39 is 5.97 Å². The largest absolute Gasteiger partial charge is 0.481 e. The molecule has 188 valence electrons. The SMILES string of the molecule is CC[C@H](CC(=O)O)c1cccc(NC(=O)[C@H](c2ccc(-c3cncc(Cl)c3)cc2)C2CCCC2)c1C. The second-order valence-electron chi connectivity index (χ2n) is 9.75. The Morgan fingerprint density at radius 3 is 2.44 bits per heavy atom. The number of carbonyl (C=O) groups is 2. The fourth-order valence-corrected chi connectivity index (χ4v) is 5.68. The highest BCUT2D eigenvalue weighted by Gasteiger charge is 2.32. The van der Waals surface area contributed by atoms with Crippen LogP contribution in [0.15, 0.2) is 60.9 Å². The molecular formula is C30H33ClN2O3. The molecule has 5 nitrogen and oxygen atoms in total. The summed E-state index contributed by atoms with van der Waals surface area (Å²) in [5.41, 5.74) is 5.62. The summed E-state index contributed by atoms with van der Waals surface area (Å²) in [5, 5.41) is 13.1. The number of nitrogens with one attached hydrogen (secondary N) is 1. The zero-order valence-electron chi connectivity index (χ0n) is 20.8. The second kappa shape index (κ2) is 11.7. The van der Waals surface area contributed by atoms with E-state index in [1.165, 1.54) is 0 Å². The van der Waals surface area contributed by atoms with Crippen LogP contribution in [-0.2, 0) is 9.59 Å². The summed E-state index contributed by atoms with van der Waals surface area (Å²) in [6.07, 6.45) is 8.55. The minimum Gasteiger partial charge on any atom is -0.481 e. The first-order valence-electron chi connectivity index (χ1n) is 12.7. The van der Waals surface area contributed by atoms with Gasteiger partial charge in [0.1, 0.15) is 0 Å². The molecule has 1 heterocycles. The van der Waals surface area contributed by atoms with E-state index in [9.17, 15) is 14.7 Å². The van der Waals surface area contributed by atoms with E-state index in [0.717, 1.165) is 65.6 Å². The Labute approximate surface area is 217 Å². The van der Waals surface area contributed by atoms with Gasteiger partial charge in [0, 0.05) is 23.6 Å². The van der Waals surface area contributed by atoms with Gasteiger partial charge in [0.25, 0.3) is 0 Å². The fourth-order valence-electron chi connectivity index (χ4n) is 5.51. The van der Waals surface area contributed by atoms with Gasteiger partial charge in [0.15, 0.2) is 0 Å². The highest BCUT2D eigenvalue weighted by atomic mass is 35.5. The minimum atomic E-state index is -0.811. The Balaban J connectivity index is 1.60. The van der Waals surface area contributed by atoms with E-state index in [-0.39, 0.29) is 24.2 Å². The standard InChI is InChI=1S/C30H33ClN2O3/c1-3-20(16-28(34)35)26-9-6-10-27(19(26)2)33-30(36)29(22-7-4-5-8-22)23-13-11-21(12-14-23)24-15-25(31)18-32-17-24/h6,9-15,17-18,20,22,29H,3-5,7-8,16H2,1-2H3,(H,33,36)(H,34,35)/t20-,29+/m1/s1. The molecule has 1 aromatic heterocycles. The number of amides is 1. The van der Waals surface area contributed by atoms with Crippen molar-refractivity contribution in [2.24, 2.45) is 5.92 Å². The number of halogens is 1. The topological polar surface area (TPSA) is 79.3 Å². The predicted octanol–water partition coefficient (Wildman–Crippen LogP) is 7.59. The van der Waals surface area contributed by atoms with Gasteiger partial charge >= 0.3 is 5.97 Å². The summed E-state index contributed by atoms with van der Waals surface area (Å²) in [5.74, 6) is -0.858. The van der Waals surface area contributed by atoms with Crippen molar-refractivity contribution in [1.82, 2.24) is 4.98 Å². The van der Waals surface area contributed by atoms with Crippen LogP contribution in [-0.4, -0.2) is 22.0 Å². The molecule has 4 rings (SSSR count). The van der Waals surface area contributed by atoms with Gasteiger partial charge < -0.3 is 10.4 Å². The number of carboxylic acid groups (broad SMARTS) is 1. The highest BCUT2D eigenvalue weighted by molar-refractivity contribution is 6.30. The third-order valence-electron chi connectivity index (χ3n) is 7.45. The number of aliphatic carboxylic acids is 1. The average Bonchev–Trinajstić information content (AvgIpc) is 3.39. The van der Waals surface area contributed by atoms with Crippen LogP contribution in [0.2, 0.25) is 5.02 Å². The Morgan fingerprint density at radius 1 is 1.08 bits per heavy atom. The maximum Gasteiger partial charge on any atom is 0.303 e. The maximum absolute atomic E-state index is 13.7. The van der Waals surface area contributed by atoms with Crippen molar-refractivity contribution in [3.63, 3.8) is 0 Å². The van der Waals surface area contributed by atoms with Gasteiger partial charge in [-0.1, -0.05) is 67.8 Å². The summed E-state index contributed by atoms with van der Waals surface area (Å²) >= 11 is 6.11. The number of nitrogens with zero attached hydrogens (tertiary/aromatic N) is 1. The summed E-state index contributed by atoms with van der Waals surface area (Å²) in [6, 6.07) is 15.8. The van der Waals surface area contributed by atoms with Crippen molar-refractivity contribution in [3.8, 4) is 11.1 Å². The zero-order chi connectivity index (χ0) is 25.7. The van der Waals surface area contributed by atoms with E-state index >= 15 is 0 Å². The van der Waals surface area contributed by atoms with Crippen molar-refractivity contribution in [2.75, 3.05) is 5.32 Å². The molecule has 1 saturated carbocycles. The van der Waals surface area contributed by atoms with E-state index in [1.54, 1.807) is 12.4 Å². The van der Waals surface area contributed by atoms with Gasteiger partial charge in [0.2, 0.25) is 5.91 Å².